The molecule has 2 heterocycles. The van der Waals surface area contributed by atoms with Crippen molar-refractivity contribution in [3.8, 4) is 11.5 Å². The van der Waals surface area contributed by atoms with Gasteiger partial charge in [0.15, 0.2) is 17.5 Å². The van der Waals surface area contributed by atoms with Gasteiger partial charge in [-0.2, -0.15) is 5.10 Å². The summed E-state index contributed by atoms with van der Waals surface area (Å²) >= 11 is 0. The summed E-state index contributed by atoms with van der Waals surface area (Å²) in [4.78, 5) is 8.86. The van der Waals surface area contributed by atoms with Crippen molar-refractivity contribution in [2.75, 3.05) is 13.7 Å². The fourth-order valence-corrected chi connectivity index (χ4v) is 2.87. The Morgan fingerprint density at radius 2 is 2.36 bits per heavy atom. The zero-order chi connectivity index (χ0) is 17.6. The summed E-state index contributed by atoms with van der Waals surface area (Å²) in [7, 11) is 1.53. The Hall–Kier alpha value is -2.77. The first-order valence-corrected chi connectivity index (χ1v) is 8.47. The van der Waals surface area contributed by atoms with Gasteiger partial charge in [0.1, 0.15) is 12.2 Å². The molecule has 8 nitrogen and oxygen atoms in total. The Morgan fingerprint density at radius 1 is 1.48 bits per heavy atom. The molecule has 1 aromatic heterocycles. The van der Waals surface area contributed by atoms with Gasteiger partial charge in [-0.3, -0.25) is 0 Å². The lowest BCUT2D eigenvalue weighted by Crippen LogP contribution is -2.47. The number of methoxy groups -OCH3 is 1. The highest BCUT2D eigenvalue weighted by molar-refractivity contribution is 5.80. The van der Waals surface area contributed by atoms with Crippen molar-refractivity contribution in [3.63, 3.8) is 0 Å². The Labute approximate surface area is 146 Å². The van der Waals surface area contributed by atoms with Crippen LogP contribution in [0.4, 0.5) is 0 Å². The number of phenols is 1. The predicted octanol–water partition coefficient (Wildman–Crippen LogP) is 1.06. The van der Waals surface area contributed by atoms with Crippen LogP contribution in [0.15, 0.2) is 29.5 Å². The third-order valence-corrected chi connectivity index (χ3v) is 4.15. The van der Waals surface area contributed by atoms with Crippen molar-refractivity contribution >= 4 is 5.96 Å². The van der Waals surface area contributed by atoms with E-state index >= 15 is 0 Å². The van der Waals surface area contributed by atoms with E-state index in [-0.39, 0.29) is 11.8 Å². The number of aromatic nitrogens is 3. The minimum absolute atomic E-state index is 0.124. The Balaban J connectivity index is 1.64. The van der Waals surface area contributed by atoms with Crippen LogP contribution in [0.1, 0.15) is 24.7 Å². The van der Waals surface area contributed by atoms with Crippen LogP contribution >= 0.6 is 0 Å². The molecule has 1 aliphatic rings. The van der Waals surface area contributed by atoms with Gasteiger partial charge >= 0.3 is 0 Å². The molecule has 25 heavy (non-hydrogen) atoms. The first-order chi connectivity index (χ1) is 12.2. The van der Waals surface area contributed by atoms with Crippen molar-refractivity contribution in [1.82, 2.24) is 25.4 Å². The average Bonchev–Trinajstić information content (AvgIpc) is 3.08. The van der Waals surface area contributed by atoms with Gasteiger partial charge in [0, 0.05) is 19.0 Å². The standard InChI is InChI=1S/C17H24N6O2/c1-3-18-17(19-9-12-4-6-15(25-2)14(24)8-12)22-13-5-7-16-20-11-21-23(16)10-13/h4,6,8,11,13,24H,3,5,7,9-10H2,1-2H3,(H2,18,19,22). The number of guanidine groups is 1. The molecule has 1 aliphatic heterocycles. The summed E-state index contributed by atoms with van der Waals surface area (Å²) in [6.07, 6.45) is 3.50. The van der Waals surface area contributed by atoms with E-state index in [1.54, 1.807) is 18.5 Å². The van der Waals surface area contributed by atoms with E-state index in [9.17, 15) is 5.11 Å². The van der Waals surface area contributed by atoms with Gasteiger partial charge in [-0.15, -0.1) is 0 Å². The van der Waals surface area contributed by atoms with Crippen LogP contribution < -0.4 is 15.4 Å². The van der Waals surface area contributed by atoms with E-state index in [1.807, 2.05) is 17.7 Å². The van der Waals surface area contributed by atoms with Crippen molar-refractivity contribution in [3.05, 3.63) is 35.9 Å². The van der Waals surface area contributed by atoms with Gasteiger partial charge in [0.2, 0.25) is 0 Å². The van der Waals surface area contributed by atoms with E-state index in [0.717, 1.165) is 43.3 Å². The molecule has 3 N–H and O–H groups in total. The second kappa shape index (κ2) is 7.87. The second-order valence-corrected chi connectivity index (χ2v) is 5.94. The molecule has 0 spiro atoms. The number of hydrogen-bond donors (Lipinski definition) is 3. The molecule has 0 fully saturated rings. The number of rotatable bonds is 5. The highest BCUT2D eigenvalue weighted by Gasteiger charge is 2.20. The maximum absolute atomic E-state index is 9.87. The third-order valence-electron chi connectivity index (χ3n) is 4.15. The van der Waals surface area contributed by atoms with Crippen molar-refractivity contribution in [2.24, 2.45) is 4.99 Å². The zero-order valence-corrected chi connectivity index (χ0v) is 14.6. The van der Waals surface area contributed by atoms with Crippen LogP contribution in [0.25, 0.3) is 0 Å². The van der Waals surface area contributed by atoms with E-state index in [0.29, 0.717) is 12.3 Å². The summed E-state index contributed by atoms with van der Waals surface area (Å²) in [5.74, 6) is 2.38. The van der Waals surface area contributed by atoms with Crippen molar-refractivity contribution in [2.45, 2.75) is 38.9 Å². The summed E-state index contributed by atoms with van der Waals surface area (Å²) in [6, 6.07) is 5.58. The normalized spacial score (nSPS) is 17.0. The highest BCUT2D eigenvalue weighted by atomic mass is 16.5. The van der Waals surface area contributed by atoms with Gasteiger partial charge in [0.05, 0.1) is 20.2 Å². The number of nitrogens with one attached hydrogen (secondary N) is 2. The maximum atomic E-state index is 9.87. The Morgan fingerprint density at radius 3 is 3.12 bits per heavy atom. The number of ether oxygens (including phenoxy) is 1. The fourth-order valence-electron chi connectivity index (χ4n) is 2.87. The van der Waals surface area contributed by atoms with E-state index in [4.69, 9.17) is 4.74 Å². The van der Waals surface area contributed by atoms with Gasteiger partial charge in [-0.25, -0.2) is 14.7 Å². The first kappa shape index (κ1) is 17.1. The number of fused-ring (bicyclic) bond motifs is 1. The van der Waals surface area contributed by atoms with Gasteiger partial charge in [-0.1, -0.05) is 6.07 Å². The molecule has 0 bridgehead atoms. The lowest BCUT2D eigenvalue weighted by Gasteiger charge is -2.25. The highest BCUT2D eigenvalue weighted by Crippen LogP contribution is 2.26. The van der Waals surface area contributed by atoms with E-state index in [1.165, 1.54) is 7.11 Å². The SMILES string of the molecule is CCNC(=NCc1ccc(OC)c(O)c1)NC1CCc2ncnn2C1. The molecule has 134 valence electrons. The number of benzene rings is 1. The summed E-state index contributed by atoms with van der Waals surface area (Å²) in [5, 5.41) is 20.8. The van der Waals surface area contributed by atoms with Crippen LogP contribution in [-0.2, 0) is 19.5 Å². The van der Waals surface area contributed by atoms with Gasteiger partial charge < -0.3 is 20.5 Å². The summed E-state index contributed by atoms with van der Waals surface area (Å²) in [6.45, 7) is 4.06. The molecule has 0 radical (unpaired) electrons. The molecular formula is C17H24N6O2. The zero-order valence-electron chi connectivity index (χ0n) is 14.6. The number of aliphatic imine (C=N–C) groups is 1. The van der Waals surface area contributed by atoms with Crippen LogP contribution in [0.2, 0.25) is 0 Å². The smallest absolute Gasteiger partial charge is 0.191 e. The van der Waals surface area contributed by atoms with Crippen LogP contribution in [0.3, 0.4) is 0 Å². The molecule has 0 amide bonds. The molecule has 2 aromatic rings. The monoisotopic (exact) mass is 344 g/mol. The van der Waals surface area contributed by atoms with Crippen LogP contribution in [0.5, 0.6) is 11.5 Å². The molecule has 1 unspecified atom stereocenters. The second-order valence-electron chi connectivity index (χ2n) is 5.94. The molecule has 3 rings (SSSR count). The van der Waals surface area contributed by atoms with E-state index in [2.05, 4.69) is 25.7 Å². The first-order valence-electron chi connectivity index (χ1n) is 8.47. The number of hydrogen-bond acceptors (Lipinski definition) is 5. The Bertz CT molecular complexity index is 742. The third kappa shape index (κ3) is 4.20. The fraction of sp³-hybridized carbons (Fsp3) is 0.471. The summed E-state index contributed by atoms with van der Waals surface area (Å²) in [5.41, 5.74) is 0.915. The van der Waals surface area contributed by atoms with Crippen LogP contribution in [0, 0.1) is 0 Å². The number of aryl methyl sites for hydroxylation is 1. The van der Waals surface area contributed by atoms with Crippen molar-refractivity contribution in [1.29, 1.82) is 0 Å². The topological polar surface area (TPSA) is 96.6 Å². The summed E-state index contributed by atoms with van der Waals surface area (Å²) < 4.78 is 7.00. The predicted molar refractivity (Wildman–Crippen MR) is 94.7 cm³/mol. The lowest BCUT2D eigenvalue weighted by atomic mass is 10.1. The molecule has 0 aliphatic carbocycles. The minimum Gasteiger partial charge on any atom is -0.504 e. The molecule has 0 saturated heterocycles. The molecule has 1 aromatic carbocycles. The largest absolute Gasteiger partial charge is 0.504 e. The quantitative estimate of drug-likeness (QED) is 0.554. The maximum Gasteiger partial charge on any atom is 0.191 e. The van der Waals surface area contributed by atoms with Gasteiger partial charge in [-0.05, 0) is 31.0 Å². The average molecular weight is 344 g/mol. The van der Waals surface area contributed by atoms with E-state index < -0.39 is 0 Å². The van der Waals surface area contributed by atoms with Crippen LogP contribution in [-0.4, -0.2) is 45.5 Å². The number of aromatic hydroxyl groups is 1. The van der Waals surface area contributed by atoms with Gasteiger partial charge in [0.25, 0.3) is 0 Å². The number of nitrogens with zero attached hydrogens (tertiary/aromatic N) is 4. The minimum atomic E-state index is 0.124. The molecule has 1 atom stereocenters. The molecular weight excluding hydrogens is 320 g/mol. The molecule has 0 saturated carbocycles. The number of phenolic OH excluding ortho intramolecular Hbond substituents is 1. The lowest BCUT2D eigenvalue weighted by molar-refractivity contribution is 0.373. The Kier molecular flexibility index (Phi) is 5.37. The van der Waals surface area contributed by atoms with Crippen molar-refractivity contribution < 1.29 is 9.84 Å². The molecule has 8 heteroatoms.